The summed E-state index contributed by atoms with van der Waals surface area (Å²) in [6.07, 6.45) is -1.95. The second kappa shape index (κ2) is 7.14. The first-order valence-corrected chi connectivity index (χ1v) is 6.57. The van der Waals surface area contributed by atoms with Gasteiger partial charge in [0.15, 0.2) is 0 Å². The Bertz CT molecular complexity index is 515. The first-order chi connectivity index (χ1) is 9.04. The lowest BCUT2D eigenvalue weighted by Crippen LogP contribution is -2.13. The van der Waals surface area contributed by atoms with Crippen LogP contribution in [0.2, 0.25) is 0 Å². The number of rotatable bonds is 5. The average molecular weight is 333 g/mol. The molecule has 0 bridgehead atoms. The Morgan fingerprint density at radius 1 is 1.63 bits per heavy atom. The van der Waals surface area contributed by atoms with Gasteiger partial charge in [0.05, 0.1) is 24.3 Å². The molecule has 1 aromatic rings. The molecule has 7 heteroatoms. The molecule has 0 aliphatic rings. The number of ether oxygens (including phenoxy) is 1. The van der Waals surface area contributed by atoms with Gasteiger partial charge in [0.25, 0.3) is 6.43 Å². The van der Waals surface area contributed by atoms with E-state index in [4.69, 9.17) is 10.00 Å². The Morgan fingerprint density at radius 2 is 2.32 bits per heavy atom. The van der Waals surface area contributed by atoms with Gasteiger partial charge in [-0.1, -0.05) is 15.9 Å². The number of pyridine rings is 1. The molecule has 0 radical (unpaired) electrons. The van der Waals surface area contributed by atoms with Gasteiger partial charge in [-0.2, -0.15) is 5.26 Å². The van der Waals surface area contributed by atoms with E-state index in [9.17, 15) is 13.6 Å². The van der Waals surface area contributed by atoms with E-state index < -0.39 is 12.4 Å². The Labute approximate surface area is 117 Å². The van der Waals surface area contributed by atoms with Crippen molar-refractivity contribution in [2.45, 2.75) is 25.1 Å². The van der Waals surface area contributed by atoms with Gasteiger partial charge < -0.3 is 4.74 Å². The fourth-order valence-electron chi connectivity index (χ4n) is 1.60. The highest BCUT2D eigenvalue weighted by Gasteiger charge is 2.23. The third kappa shape index (κ3) is 3.70. The lowest BCUT2D eigenvalue weighted by Gasteiger charge is -2.12. The molecule has 19 heavy (non-hydrogen) atoms. The van der Waals surface area contributed by atoms with Crippen LogP contribution in [-0.2, 0) is 21.3 Å². The summed E-state index contributed by atoms with van der Waals surface area (Å²) in [5, 5.41) is 8.96. The zero-order chi connectivity index (χ0) is 14.4. The van der Waals surface area contributed by atoms with Gasteiger partial charge in [-0.05, 0) is 12.5 Å². The minimum Gasteiger partial charge on any atom is -0.466 e. The number of alkyl halides is 3. The number of carbonyl (C=O) groups excluding carboxylic acids is 1. The monoisotopic (exact) mass is 332 g/mol. The molecule has 1 rings (SSSR count). The maximum atomic E-state index is 13.1. The summed E-state index contributed by atoms with van der Waals surface area (Å²) in [5.41, 5.74) is -0.197. The highest BCUT2D eigenvalue weighted by atomic mass is 79.9. The van der Waals surface area contributed by atoms with Gasteiger partial charge in [0.1, 0.15) is 6.07 Å². The number of nitrogens with zero attached hydrogens (tertiary/aromatic N) is 2. The highest BCUT2D eigenvalue weighted by Crippen LogP contribution is 2.29. The Hall–Kier alpha value is -1.55. The van der Waals surface area contributed by atoms with Crippen LogP contribution in [-0.4, -0.2) is 17.6 Å². The average Bonchev–Trinajstić information content (AvgIpc) is 2.37. The molecule has 102 valence electrons. The van der Waals surface area contributed by atoms with Gasteiger partial charge in [-0.25, -0.2) is 8.78 Å². The number of esters is 1. The number of hydrogen-bond donors (Lipinski definition) is 0. The van der Waals surface area contributed by atoms with Crippen LogP contribution in [0.5, 0.6) is 0 Å². The Kier molecular flexibility index (Phi) is 5.83. The molecule has 0 saturated heterocycles. The van der Waals surface area contributed by atoms with Crippen LogP contribution in [0.3, 0.4) is 0 Å². The fraction of sp³-hybridized carbons (Fsp3) is 0.417. The molecule has 0 aliphatic carbocycles. The lowest BCUT2D eigenvalue weighted by molar-refractivity contribution is -0.142. The number of aromatic nitrogens is 1. The molecule has 4 nitrogen and oxygen atoms in total. The minimum absolute atomic E-state index is 0.0538. The zero-order valence-electron chi connectivity index (χ0n) is 10.1. The molecule has 0 amide bonds. The van der Waals surface area contributed by atoms with Crippen LogP contribution >= 0.6 is 15.9 Å². The van der Waals surface area contributed by atoms with Crippen molar-refractivity contribution < 1.29 is 18.3 Å². The normalized spacial score (nSPS) is 10.3. The molecular weight excluding hydrogens is 322 g/mol. The van der Waals surface area contributed by atoms with E-state index in [-0.39, 0.29) is 40.7 Å². The van der Waals surface area contributed by atoms with E-state index in [0.29, 0.717) is 0 Å². The van der Waals surface area contributed by atoms with Crippen molar-refractivity contribution >= 4 is 21.9 Å². The van der Waals surface area contributed by atoms with Crippen LogP contribution in [0.4, 0.5) is 8.78 Å². The predicted molar refractivity (Wildman–Crippen MR) is 66.9 cm³/mol. The molecular formula is C12H11BrF2N2O2. The summed E-state index contributed by atoms with van der Waals surface area (Å²) in [6.45, 7) is 1.80. The van der Waals surface area contributed by atoms with Gasteiger partial charge in [0, 0.05) is 17.1 Å². The quantitative estimate of drug-likeness (QED) is 0.614. The lowest BCUT2D eigenvalue weighted by atomic mass is 10.0. The second-order valence-electron chi connectivity index (χ2n) is 3.54. The van der Waals surface area contributed by atoms with Crippen LogP contribution in [0.15, 0.2) is 6.20 Å². The van der Waals surface area contributed by atoms with Crippen molar-refractivity contribution in [1.82, 2.24) is 4.98 Å². The van der Waals surface area contributed by atoms with Crippen molar-refractivity contribution in [1.29, 1.82) is 5.26 Å². The first-order valence-electron chi connectivity index (χ1n) is 5.45. The Morgan fingerprint density at radius 3 is 2.79 bits per heavy atom. The fourth-order valence-corrected chi connectivity index (χ4v) is 2.20. The van der Waals surface area contributed by atoms with Gasteiger partial charge in [0.2, 0.25) is 0 Å². The molecule has 0 atom stereocenters. The molecule has 0 fully saturated rings. The van der Waals surface area contributed by atoms with Crippen LogP contribution in [0.1, 0.15) is 35.7 Å². The van der Waals surface area contributed by atoms with E-state index >= 15 is 0 Å². The van der Waals surface area contributed by atoms with Crippen molar-refractivity contribution in [3.63, 3.8) is 0 Å². The summed E-state index contributed by atoms with van der Waals surface area (Å²) < 4.78 is 30.9. The summed E-state index contributed by atoms with van der Waals surface area (Å²) in [5.74, 6) is -0.623. The van der Waals surface area contributed by atoms with E-state index in [2.05, 4.69) is 20.9 Å². The van der Waals surface area contributed by atoms with Crippen molar-refractivity contribution in [3.05, 3.63) is 28.6 Å². The topological polar surface area (TPSA) is 63.0 Å². The highest BCUT2D eigenvalue weighted by molar-refractivity contribution is 9.08. The summed E-state index contributed by atoms with van der Waals surface area (Å²) in [7, 11) is 0. The van der Waals surface area contributed by atoms with E-state index in [0.717, 1.165) is 0 Å². The summed E-state index contributed by atoms with van der Waals surface area (Å²) >= 11 is 3.07. The van der Waals surface area contributed by atoms with E-state index in [1.165, 1.54) is 6.20 Å². The summed E-state index contributed by atoms with van der Waals surface area (Å²) in [6, 6.07) is 1.81. The third-order valence-corrected chi connectivity index (χ3v) is 2.96. The van der Waals surface area contributed by atoms with Crippen molar-refractivity contribution in [3.8, 4) is 6.07 Å². The smallest absolute Gasteiger partial charge is 0.311 e. The Balaban J connectivity index is 3.25. The maximum absolute atomic E-state index is 13.1. The van der Waals surface area contributed by atoms with E-state index in [1.807, 2.05) is 0 Å². The predicted octanol–water partition coefficient (Wildman–Crippen LogP) is 2.89. The molecule has 0 aromatic carbocycles. The number of carbonyl (C=O) groups is 1. The van der Waals surface area contributed by atoms with E-state index in [1.54, 1.807) is 13.0 Å². The maximum Gasteiger partial charge on any atom is 0.311 e. The third-order valence-electron chi connectivity index (χ3n) is 2.40. The number of hydrogen-bond acceptors (Lipinski definition) is 4. The largest absolute Gasteiger partial charge is 0.466 e. The standard InChI is InChI=1S/C12H11BrF2N2O2/c1-2-19-10(18)3-9-11(12(14)15)8(4-13)7(5-16)6-17-9/h6,12H,2-4H2,1H3. The molecule has 0 aliphatic heterocycles. The molecule has 0 unspecified atom stereocenters. The van der Waals surface area contributed by atoms with Crippen molar-refractivity contribution in [2.75, 3.05) is 6.61 Å². The van der Waals surface area contributed by atoms with Crippen molar-refractivity contribution in [2.24, 2.45) is 0 Å². The van der Waals surface area contributed by atoms with Crippen LogP contribution in [0.25, 0.3) is 0 Å². The zero-order valence-corrected chi connectivity index (χ0v) is 11.7. The summed E-state index contributed by atoms with van der Waals surface area (Å²) in [4.78, 5) is 15.1. The molecule has 0 saturated carbocycles. The minimum atomic E-state index is -2.81. The molecule has 0 spiro atoms. The molecule has 0 N–H and O–H groups in total. The second-order valence-corrected chi connectivity index (χ2v) is 4.10. The van der Waals surface area contributed by atoms with Crippen LogP contribution < -0.4 is 0 Å². The number of nitriles is 1. The van der Waals surface area contributed by atoms with Gasteiger partial charge >= 0.3 is 5.97 Å². The van der Waals surface area contributed by atoms with Gasteiger partial charge in [-0.15, -0.1) is 0 Å². The first kappa shape index (κ1) is 15.5. The molecule has 1 aromatic heterocycles. The molecule has 1 heterocycles. The van der Waals surface area contributed by atoms with Crippen LogP contribution in [0, 0.1) is 11.3 Å². The number of halogens is 3. The van der Waals surface area contributed by atoms with Gasteiger partial charge in [-0.3, -0.25) is 9.78 Å². The SMILES string of the molecule is CCOC(=O)Cc1ncc(C#N)c(CBr)c1C(F)F.